The van der Waals surface area contributed by atoms with Crippen LogP contribution < -0.4 is 5.32 Å². The molecule has 0 aliphatic heterocycles. The fraction of sp³-hybridized carbons (Fsp3) is 0.231. The molecule has 0 fully saturated rings. The number of benzene rings is 1. The molecule has 1 aromatic carbocycles. The zero-order valence-corrected chi connectivity index (χ0v) is 10.8. The minimum Gasteiger partial charge on any atom is -0.466 e. The summed E-state index contributed by atoms with van der Waals surface area (Å²) in [6.07, 6.45) is 0.967. The van der Waals surface area contributed by atoms with Crippen LogP contribution in [0.25, 0.3) is 0 Å². The molecule has 1 rings (SSSR count). The molecule has 0 aliphatic carbocycles. The van der Waals surface area contributed by atoms with E-state index in [0.29, 0.717) is 11.3 Å². The lowest BCUT2D eigenvalue weighted by molar-refractivity contribution is -0.138. The summed E-state index contributed by atoms with van der Waals surface area (Å²) < 4.78 is 21.9. The fourth-order valence-corrected chi connectivity index (χ4v) is 1.35. The summed E-state index contributed by atoms with van der Waals surface area (Å²) in [7, 11) is 2.38. The average molecular weight is 267 g/mol. The van der Waals surface area contributed by atoms with Gasteiger partial charge < -0.3 is 14.8 Å². The number of esters is 2. The van der Waals surface area contributed by atoms with Crippen LogP contribution in [0.3, 0.4) is 0 Å². The molecule has 0 amide bonds. The third kappa shape index (κ3) is 4.09. The van der Waals surface area contributed by atoms with Gasteiger partial charge in [-0.15, -0.1) is 0 Å². The topological polar surface area (TPSA) is 64.6 Å². The second kappa shape index (κ2) is 6.53. The number of hydrogen-bond acceptors (Lipinski definition) is 5. The van der Waals surface area contributed by atoms with E-state index in [2.05, 4.69) is 14.8 Å². The average Bonchev–Trinajstić information content (AvgIpc) is 2.39. The lowest BCUT2D eigenvalue weighted by atomic mass is 10.2. The van der Waals surface area contributed by atoms with Gasteiger partial charge in [0.1, 0.15) is 11.5 Å². The second-order valence-electron chi connectivity index (χ2n) is 3.66. The third-order valence-corrected chi connectivity index (χ3v) is 2.33. The molecule has 1 aromatic rings. The van der Waals surface area contributed by atoms with Gasteiger partial charge >= 0.3 is 11.9 Å². The fourth-order valence-electron chi connectivity index (χ4n) is 1.35. The Morgan fingerprint density at radius 2 is 1.95 bits per heavy atom. The van der Waals surface area contributed by atoms with Crippen molar-refractivity contribution in [3.8, 4) is 0 Å². The third-order valence-electron chi connectivity index (χ3n) is 2.33. The summed E-state index contributed by atoms with van der Waals surface area (Å²) >= 11 is 0. The summed E-state index contributed by atoms with van der Waals surface area (Å²) in [6, 6.07) is 4.00. The highest BCUT2D eigenvalue weighted by atomic mass is 19.1. The molecule has 0 spiro atoms. The Balaban J connectivity index is 3.04. The lowest BCUT2D eigenvalue weighted by Gasteiger charge is -2.11. The first-order valence-corrected chi connectivity index (χ1v) is 5.39. The van der Waals surface area contributed by atoms with Crippen molar-refractivity contribution in [1.29, 1.82) is 0 Å². The molecular weight excluding hydrogens is 253 g/mol. The summed E-state index contributed by atoms with van der Waals surface area (Å²) in [4.78, 5) is 22.7. The van der Waals surface area contributed by atoms with Crippen molar-refractivity contribution >= 4 is 17.6 Å². The Kier molecular flexibility index (Phi) is 5.05. The number of methoxy groups -OCH3 is 2. The first kappa shape index (κ1) is 14.7. The first-order chi connectivity index (χ1) is 8.97. The van der Waals surface area contributed by atoms with Crippen LogP contribution in [-0.4, -0.2) is 26.2 Å². The molecule has 1 N–H and O–H groups in total. The number of halogens is 1. The van der Waals surface area contributed by atoms with Crippen LogP contribution in [0, 0.1) is 12.7 Å². The Bertz CT molecular complexity index is 525. The van der Waals surface area contributed by atoms with E-state index in [1.807, 2.05) is 0 Å². The van der Waals surface area contributed by atoms with Gasteiger partial charge in [0, 0.05) is 5.69 Å². The second-order valence-corrected chi connectivity index (χ2v) is 3.66. The number of anilines is 1. The molecule has 102 valence electrons. The maximum atomic E-state index is 13.0. The van der Waals surface area contributed by atoms with Crippen molar-refractivity contribution in [1.82, 2.24) is 0 Å². The predicted octanol–water partition coefficient (Wildman–Crippen LogP) is 1.78. The summed E-state index contributed by atoms with van der Waals surface area (Å²) in [5, 5.41) is 2.71. The van der Waals surface area contributed by atoms with E-state index in [4.69, 9.17) is 0 Å². The van der Waals surface area contributed by atoms with E-state index < -0.39 is 11.9 Å². The molecule has 0 bridgehead atoms. The van der Waals surface area contributed by atoms with Gasteiger partial charge in [0.25, 0.3) is 0 Å². The van der Waals surface area contributed by atoms with Crippen LogP contribution in [0.1, 0.15) is 5.56 Å². The highest BCUT2D eigenvalue weighted by Crippen LogP contribution is 2.18. The van der Waals surface area contributed by atoms with E-state index in [9.17, 15) is 14.0 Å². The summed E-state index contributed by atoms with van der Waals surface area (Å²) in [5.74, 6) is -1.82. The highest BCUT2D eigenvalue weighted by Gasteiger charge is 2.13. The van der Waals surface area contributed by atoms with Crippen molar-refractivity contribution in [3.05, 3.63) is 41.4 Å². The van der Waals surface area contributed by atoms with Gasteiger partial charge in [0.2, 0.25) is 0 Å². The Labute approximate surface area is 110 Å². The van der Waals surface area contributed by atoms with Gasteiger partial charge in [-0.3, -0.25) is 0 Å². The minimum atomic E-state index is -0.728. The van der Waals surface area contributed by atoms with Crippen molar-refractivity contribution in [2.45, 2.75) is 6.92 Å². The van der Waals surface area contributed by atoms with E-state index in [-0.39, 0.29) is 11.5 Å². The quantitative estimate of drug-likeness (QED) is 0.665. The van der Waals surface area contributed by atoms with Crippen molar-refractivity contribution in [3.63, 3.8) is 0 Å². The van der Waals surface area contributed by atoms with Gasteiger partial charge in [0.05, 0.1) is 20.3 Å². The Hall–Kier alpha value is -2.37. The smallest absolute Gasteiger partial charge is 0.354 e. The van der Waals surface area contributed by atoms with Crippen LogP contribution in [0.5, 0.6) is 0 Å². The van der Waals surface area contributed by atoms with Crippen LogP contribution in [0.4, 0.5) is 10.1 Å². The predicted molar refractivity (Wildman–Crippen MR) is 66.9 cm³/mol. The molecule has 0 aliphatic rings. The van der Waals surface area contributed by atoms with E-state index >= 15 is 0 Å². The maximum absolute atomic E-state index is 13.0. The molecule has 0 saturated carbocycles. The van der Waals surface area contributed by atoms with Gasteiger partial charge in [-0.1, -0.05) is 0 Å². The number of rotatable bonds is 4. The van der Waals surface area contributed by atoms with Gasteiger partial charge in [-0.25, -0.2) is 14.0 Å². The molecule has 6 heteroatoms. The van der Waals surface area contributed by atoms with Gasteiger partial charge in [-0.2, -0.15) is 0 Å². The van der Waals surface area contributed by atoms with Crippen molar-refractivity contribution in [2.75, 3.05) is 19.5 Å². The van der Waals surface area contributed by atoms with Crippen molar-refractivity contribution in [2.24, 2.45) is 0 Å². The monoisotopic (exact) mass is 267 g/mol. The standard InChI is InChI=1S/C13H14FNO4/c1-8-6-9(14)4-5-10(8)15-11(13(17)19-3)7-12(16)18-2/h4-7,15H,1-3H3/b11-7+. The zero-order valence-electron chi connectivity index (χ0n) is 10.8. The molecule has 0 aromatic heterocycles. The number of nitrogens with one attached hydrogen (secondary N) is 1. The highest BCUT2D eigenvalue weighted by molar-refractivity contribution is 5.98. The van der Waals surface area contributed by atoms with E-state index in [1.165, 1.54) is 32.4 Å². The minimum absolute atomic E-state index is 0.0935. The number of carbonyl (C=O) groups is 2. The van der Waals surface area contributed by atoms with Crippen LogP contribution in [0.15, 0.2) is 30.0 Å². The zero-order chi connectivity index (χ0) is 14.4. The van der Waals surface area contributed by atoms with Crippen LogP contribution >= 0.6 is 0 Å². The Morgan fingerprint density at radius 3 is 2.47 bits per heavy atom. The van der Waals surface area contributed by atoms with Crippen molar-refractivity contribution < 1.29 is 23.5 Å². The van der Waals surface area contributed by atoms with E-state index in [0.717, 1.165) is 6.08 Å². The molecule has 0 radical (unpaired) electrons. The number of ether oxygens (including phenoxy) is 2. The first-order valence-electron chi connectivity index (χ1n) is 5.39. The maximum Gasteiger partial charge on any atom is 0.354 e. The normalized spacial score (nSPS) is 10.8. The largest absolute Gasteiger partial charge is 0.466 e. The summed E-state index contributed by atoms with van der Waals surface area (Å²) in [5.41, 5.74) is 0.977. The van der Waals surface area contributed by atoms with E-state index in [1.54, 1.807) is 6.92 Å². The molecule has 0 heterocycles. The molecule has 5 nitrogen and oxygen atoms in total. The number of carbonyl (C=O) groups excluding carboxylic acids is 2. The Morgan fingerprint density at radius 1 is 1.26 bits per heavy atom. The molecule has 0 unspecified atom stereocenters. The summed E-state index contributed by atoms with van der Waals surface area (Å²) in [6.45, 7) is 1.67. The van der Waals surface area contributed by atoms with Crippen LogP contribution in [0.2, 0.25) is 0 Å². The molecule has 19 heavy (non-hydrogen) atoms. The number of aryl methyl sites for hydroxylation is 1. The van der Waals surface area contributed by atoms with Gasteiger partial charge in [-0.05, 0) is 30.7 Å². The molecule has 0 atom stereocenters. The van der Waals surface area contributed by atoms with Crippen LogP contribution in [-0.2, 0) is 19.1 Å². The lowest BCUT2D eigenvalue weighted by Crippen LogP contribution is -2.16. The SMILES string of the molecule is COC(=O)/C=C(/Nc1ccc(F)cc1C)C(=O)OC. The number of hydrogen-bond donors (Lipinski definition) is 1. The molecular formula is C13H14FNO4. The van der Waals surface area contributed by atoms with Gasteiger partial charge in [0.15, 0.2) is 0 Å². The molecule has 0 saturated heterocycles.